The number of benzene rings is 1. The second-order valence-corrected chi connectivity index (χ2v) is 4.62. The molecule has 0 aliphatic heterocycles. The average molecular weight is 302 g/mol. The molecule has 0 bridgehead atoms. The summed E-state index contributed by atoms with van der Waals surface area (Å²) in [4.78, 5) is 33.5. The highest BCUT2D eigenvalue weighted by atomic mass is 16.4. The quantitative estimate of drug-likeness (QED) is 0.753. The molecule has 22 heavy (non-hydrogen) atoms. The summed E-state index contributed by atoms with van der Waals surface area (Å²) in [6.45, 7) is 3.45. The molecule has 0 aliphatic rings. The Hall–Kier alpha value is -3.09. The fraction of sp³-hybridized carbons (Fsp3) is 0.133. The zero-order chi connectivity index (χ0) is 16.3. The number of aliphatic carboxylic acids is 1. The van der Waals surface area contributed by atoms with E-state index in [4.69, 9.17) is 9.52 Å². The molecular formula is C15H14N2O5. The second-order valence-electron chi connectivity index (χ2n) is 4.62. The lowest BCUT2D eigenvalue weighted by Gasteiger charge is -2.06. The minimum Gasteiger partial charge on any atom is -0.474 e. The van der Waals surface area contributed by atoms with E-state index in [2.05, 4.69) is 10.6 Å². The summed E-state index contributed by atoms with van der Waals surface area (Å²) in [5.41, 5.74) is 1.28. The SMILES string of the molecule is Cc1cc(C(=O)Nc2ccc(NC(=O)C(=O)O)cc2)c(C)o1. The monoisotopic (exact) mass is 302 g/mol. The second kappa shape index (κ2) is 6.13. The van der Waals surface area contributed by atoms with Crippen molar-refractivity contribution >= 4 is 29.2 Å². The van der Waals surface area contributed by atoms with Crippen LogP contribution in [0.3, 0.4) is 0 Å². The van der Waals surface area contributed by atoms with Crippen molar-refractivity contribution in [3.8, 4) is 0 Å². The molecule has 2 aromatic rings. The normalized spacial score (nSPS) is 10.1. The molecule has 0 saturated carbocycles. The van der Waals surface area contributed by atoms with Gasteiger partial charge in [-0.15, -0.1) is 0 Å². The molecule has 0 atom stereocenters. The van der Waals surface area contributed by atoms with Crippen molar-refractivity contribution in [2.75, 3.05) is 10.6 Å². The standard InChI is InChI=1S/C15H14N2O5/c1-8-7-12(9(2)22-8)13(18)16-10-3-5-11(6-4-10)17-14(19)15(20)21/h3-7H,1-2H3,(H,16,18)(H,17,19)(H,20,21). The Balaban J connectivity index is 2.05. The maximum atomic E-state index is 12.1. The molecule has 1 aromatic heterocycles. The van der Waals surface area contributed by atoms with E-state index < -0.39 is 11.9 Å². The van der Waals surface area contributed by atoms with Crippen LogP contribution in [0.4, 0.5) is 11.4 Å². The van der Waals surface area contributed by atoms with Gasteiger partial charge in [0.05, 0.1) is 5.56 Å². The van der Waals surface area contributed by atoms with Crippen molar-refractivity contribution in [1.82, 2.24) is 0 Å². The van der Waals surface area contributed by atoms with E-state index in [1.54, 1.807) is 32.0 Å². The molecule has 3 N–H and O–H groups in total. The fourth-order valence-corrected chi connectivity index (χ4v) is 1.88. The van der Waals surface area contributed by atoms with Gasteiger partial charge < -0.3 is 20.2 Å². The molecular weight excluding hydrogens is 288 g/mol. The molecule has 2 rings (SSSR count). The number of carboxylic acid groups (broad SMARTS) is 1. The number of rotatable bonds is 3. The molecule has 7 nitrogen and oxygen atoms in total. The highest BCUT2D eigenvalue weighted by Crippen LogP contribution is 2.18. The van der Waals surface area contributed by atoms with Crippen LogP contribution in [0, 0.1) is 13.8 Å². The van der Waals surface area contributed by atoms with E-state index in [1.165, 1.54) is 12.1 Å². The van der Waals surface area contributed by atoms with Crippen LogP contribution in [0.25, 0.3) is 0 Å². The first-order valence-electron chi connectivity index (χ1n) is 6.39. The van der Waals surface area contributed by atoms with Crippen molar-refractivity contribution in [3.63, 3.8) is 0 Å². The molecule has 0 spiro atoms. The molecule has 0 unspecified atom stereocenters. The molecule has 2 amide bonds. The Morgan fingerprint density at radius 3 is 2.00 bits per heavy atom. The zero-order valence-corrected chi connectivity index (χ0v) is 12.0. The van der Waals surface area contributed by atoms with Crippen molar-refractivity contribution in [1.29, 1.82) is 0 Å². The van der Waals surface area contributed by atoms with Crippen molar-refractivity contribution < 1.29 is 23.9 Å². The van der Waals surface area contributed by atoms with Crippen LogP contribution in [-0.2, 0) is 9.59 Å². The molecule has 0 saturated heterocycles. The van der Waals surface area contributed by atoms with Crippen molar-refractivity contribution in [3.05, 3.63) is 47.4 Å². The number of aryl methyl sites for hydroxylation is 2. The first-order chi connectivity index (χ1) is 10.4. The van der Waals surface area contributed by atoms with Gasteiger partial charge in [0.2, 0.25) is 0 Å². The van der Waals surface area contributed by atoms with Gasteiger partial charge in [-0.05, 0) is 44.2 Å². The van der Waals surface area contributed by atoms with E-state index in [-0.39, 0.29) is 5.91 Å². The van der Waals surface area contributed by atoms with E-state index in [0.29, 0.717) is 28.5 Å². The first kappa shape index (κ1) is 15.3. The van der Waals surface area contributed by atoms with Crippen LogP contribution in [0.2, 0.25) is 0 Å². The van der Waals surface area contributed by atoms with Crippen LogP contribution >= 0.6 is 0 Å². The van der Waals surface area contributed by atoms with Crippen LogP contribution in [-0.4, -0.2) is 22.9 Å². The summed E-state index contributed by atoms with van der Waals surface area (Å²) >= 11 is 0. The Kier molecular flexibility index (Phi) is 4.26. The van der Waals surface area contributed by atoms with E-state index in [1.807, 2.05) is 0 Å². The van der Waals surface area contributed by atoms with Crippen molar-refractivity contribution in [2.24, 2.45) is 0 Å². The lowest BCUT2D eigenvalue weighted by molar-refractivity contribution is -0.147. The maximum absolute atomic E-state index is 12.1. The first-order valence-corrected chi connectivity index (χ1v) is 6.39. The summed E-state index contributed by atoms with van der Waals surface area (Å²) in [5.74, 6) is -1.82. The number of carbonyl (C=O) groups excluding carboxylic acids is 2. The molecule has 0 aliphatic carbocycles. The molecule has 7 heteroatoms. The number of hydrogen-bond acceptors (Lipinski definition) is 4. The highest BCUT2D eigenvalue weighted by molar-refractivity contribution is 6.36. The van der Waals surface area contributed by atoms with Gasteiger partial charge in [-0.3, -0.25) is 9.59 Å². The van der Waals surface area contributed by atoms with Crippen LogP contribution in [0.15, 0.2) is 34.7 Å². The van der Waals surface area contributed by atoms with E-state index >= 15 is 0 Å². The Morgan fingerprint density at radius 1 is 1.00 bits per heavy atom. The highest BCUT2D eigenvalue weighted by Gasteiger charge is 2.14. The minimum atomic E-state index is -1.57. The zero-order valence-electron chi connectivity index (χ0n) is 12.0. The number of carbonyl (C=O) groups is 3. The number of nitrogens with one attached hydrogen (secondary N) is 2. The van der Waals surface area contributed by atoms with Gasteiger partial charge in [-0.25, -0.2) is 4.79 Å². The number of hydrogen-bond donors (Lipinski definition) is 3. The summed E-state index contributed by atoms with van der Waals surface area (Å²) in [7, 11) is 0. The summed E-state index contributed by atoms with van der Waals surface area (Å²) in [6.07, 6.45) is 0. The minimum absolute atomic E-state index is 0.309. The molecule has 0 fully saturated rings. The van der Waals surface area contributed by atoms with Gasteiger partial charge in [0.15, 0.2) is 0 Å². The summed E-state index contributed by atoms with van der Waals surface area (Å²) in [6, 6.07) is 7.73. The lowest BCUT2D eigenvalue weighted by Crippen LogP contribution is -2.21. The third kappa shape index (κ3) is 3.51. The predicted octanol–water partition coefficient (Wildman–Crippen LogP) is 2.17. The topological polar surface area (TPSA) is 109 Å². The van der Waals surface area contributed by atoms with Crippen LogP contribution < -0.4 is 10.6 Å². The third-order valence-corrected chi connectivity index (χ3v) is 2.88. The van der Waals surface area contributed by atoms with Gasteiger partial charge in [0, 0.05) is 11.4 Å². The fourth-order valence-electron chi connectivity index (χ4n) is 1.88. The predicted molar refractivity (Wildman–Crippen MR) is 78.8 cm³/mol. The number of furan rings is 1. The van der Waals surface area contributed by atoms with Gasteiger partial charge in [0.25, 0.3) is 5.91 Å². The molecule has 1 heterocycles. The van der Waals surface area contributed by atoms with Gasteiger partial charge >= 0.3 is 11.9 Å². The Morgan fingerprint density at radius 2 is 1.55 bits per heavy atom. The third-order valence-electron chi connectivity index (χ3n) is 2.88. The number of anilines is 2. The summed E-state index contributed by atoms with van der Waals surface area (Å²) in [5, 5.41) is 13.4. The largest absolute Gasteiger partial charge is 0.474 e. The van der Waals surface area contributed by atoms with E-state index in [9.17, 15) is 14.4 Å². The smallest absolute Gasteiger partial charge is 0.394 e. The van der Waals surface area contributed by atoms with Gasteiger partial charge in [-0.1, -0.05) is 0 Å². The summed E-state index contributed by atoms with van der Waals surface area (Å²) < 4.78 is 5.29. The van der Waals surface area contributed by atoms with Gasteiger partial charge in [-0.2, -0.15) is 0 Å². The van der Waals surface area contributed by atoms with E-state index in [0.717, 1.165) is 0 Å². The van der Waals surface area contributed by atoms with Crippen molar-refractivity contribution in [2.45, 2.75) is 13.8 Å². The Bertz CT molecular complexity index is 731. The molecule has 0 radical (unpaired) electrons. The Labute approximate surface area is 125 Å². The average Bonchev–Trinajstić information content (AvgIpc) is 2.79. The molecule has 1 aromatic carbocycles. The maximum Gasteiger partial charge on any atom is 0.394 e. The number of amides is 2. The van der Waals surface area contributed by atoms with Gasteiger partial charge in [0.1, 0.15) is 11.5 Å². The lowest BCUT2D eigenvalue weighted by atomic mass is 10.2. The number of carboxylic acids is 1. The van der Waals surface area contributed by atoms with Crippen LogP contribution in [0.1, 0.15) is 21.9 Å². The molecule has 114 valence electrons. The van der Waals surface area contributed by atoms with Crippen LogP contribution in [0.5, 0.6) is 0 Å².